The SMILES string of the molecule is CC(C)(C)C(=O)NC1C[C@@]2(C)C(=CCC3C4CCC[C@@]4(C)C[C@H](O)C32)C=C1C(=O)O. The van der Waals surface area contributed by atoms with Crippen molar-refractivity contribution in [3.8, 4) is 0 Å². The normalized spacial score (nSPS) is 42.9. The van der Waals surface area contributed by atoms with Crippen molar-refractivity contribution in [2.24, 2.45) is 34.0 Å². The molecule has 7 atom stereocenters. The second-order valence-electron chi connectivity index (χ2n) is 11.8. The molecule has 0 bridgehead atoms. The summed E-state index contributed by atoms with van der Waals surface area (Å²) in [4.78, 5) is 24.7. The molecule has 3 N–H and O–H groups in total. The molecule has 166 valence electrons. The minimum absolute atomic E-state index is 0.106. The average Bonchev–Trinajstić information content (AvgIpc) is 3.00. The number of amides is 1. The van der Waals surface area contributed by atoms with E-state index in [1.807, 2.05) is 20.8 Å². The second-order valence-corrected chi connectivity index (χ2v) is 11.8. The van der Waals surface area contributed by atoms with Crippen LogP contribution in [0.15, 0.2) is 23.3 Å². The third-order valence-corrected chi connectivity index (χ3v) is 8.78. The van der Waals surface area contributed by atoms with Gasteiger partial charge in [0.15, 0.2) is 0 Å². The van der Waals surface area contributed by atoms with Crippen LogP contribution in [0, 0.1) is 34.0 Å². The van der Waals surface area contributed by atoms with Crippen molar-refractivity contribution < 1.29 is 19.8 Å². The quantitative estimate of drug-likeness (QED) is 0.634. The highest BCUT2D eigenvalue weighted by Gasteiger charge is 2.59. The summed E-state index contributed by atoms with van der Waals surface area (Å²) in [7, 11) is 0. The van der Waals surface area contributed by atoms with Crippen LogP contribution >= 0.6 is 0 Å². The van der Waals surface area contributed by atoms with E-state index in [-0.39, 0.29) is 34.3 Å². The summed E-state index contributed by atoms with van der Waals surface area (Å²) in [6.45, 7) is 10.0. The van der Waals surface area contributed by atoms with Gasteiger partial charge in [-0.15, -0.1) is 0 Å². The number of carbonyl (C=O) groups is 2. The van der Waals surface area contributed by atoms with Crippen LogP contribution in [0.3, 0.4) is 0 Å². The summed E-state index contributed by atoms with van der Waals surface area (Å²) in [6.07, 6.45) is 9.54. The van der Waals surface area contributed by atoms with E-state index in [1.165, 1.54) is 19.3 Å². The Bertz CT molecular complexity index is 821. The molecular formula is C25H37NO4. The highest BCUT2D eigenvalue weighted by atomic mass is 16.4. The van der Waals surface area contributed by atoms with Crippen LogP contribution in [0.5, 0.6) is 0 Å². The molecule has 30 heavy (non-hydrogen) atoms. The maximum atomic E-state index is 12.7. The van der Waals surface area contributed by atoms with E-state index in [0.29, 0.717) is 18.3 Å². The van der Waals surface area contributed by atoms with Crippen molar-refractivity contribution in [3.63, 3.8) is 0 Å². The first kappa shape index (κ1) is 21.6. The van der Waals surface area contributed by atoms with Crippen LogP contribution in [-0.2, 0) is 9.59 Å². The first-order chi connectivity index (χ1) is 13.9. The smallest absolute Gasteiger partial charge is 0.333 e. The number of rotatable bonds is 2. The van der Waals surface area contributed by atoms with Gasteiger partial charge in [-0.2, -0.15) is 0 Å². The number of aliphatic hydroxyl groups is 1. The third kappa shape index (κ3) is 3.24. The van der Waals surface area contributed by atoms with E-state index in [4.69, 9.17) is 0 Å². The lowest BCUT2D eigenvalue weighted by molar-refractivity contribution is -0.134. The minimum atomic E-state index is -0.980. The average molecular weight is 416 g/mol. The van der Waals surface area contributed by atoms with Gasteiger partial charge in [0.2, 0.25) is 5.91 Å². The summed E-state index contributed by atoms with van der Waals surface area (Å²) in [5.41, 5.74) is 0.583. The monoisotopic (exact) mass is 415 g/mol. The molecule has 0 spiro atoms. The van der Waals surface area contributed by atoms with Crippen LogP contribution in [0.4, 0.5) is 0 Å². The number of aliphatic hydroxyl groups excluding tert-OH is 1. The van der Waals surface area contributed by atoms with E-state index in [2.05, 4.69) is 25.2 Å². The Morgan fingerprint density at radius 2 is 1.90 bits per heavy atom. The lowest BCUT2D eigenvalue weighted by atomic mass is 9.47. The summed E-state index contributed by atoms with van der Waals surface area (Å²) in [5, 5.41) is 24.2. The molecule has 0 aliphatic heterocycles. The van der Waals surface area contributed by atoms with Crippen LogP contribution in [-0.4, -0.2) is 34.2 Å². The molecular weight excluding hydrogens is 378 g/mol. The van der Waals surface area contributed by atoms with Gasteiger partial charge in [0, 0.05) is 10.8 Å². The zero-order valence-corrected chi connectivity index (χ0v) is 19.0. The number of allylic oxidation sites excluding steroid dienone is 3. The number of fused-ring (bicyclic) bond motifs is 5. The van der Waals surface area contributed by atoms with Crippen LogP contribution in [0.25, 0.3) is 0 Å². The highest BCUT2D eigenvalue weighted by molar-refractivity contribution is 5.91. The molecule has 0 heterocycles. The third-order valence-electron chi connectivity index (χ3n) is 8.78. The number of carbonyl (C=O) groups excluding carboxylic acids is 1. The fraction of sp³-hybridized carbons (Fsp3) is 0.760. The van der Waals surface area contributed by atoms with Gasteiger partial charge in [-0.25, -0.2) is 4.79 Å². The molecule has 4 rings (SSSR count). The van der Waals surface area contributed by atoms with Gasteiger partial charge >= 0.3 is 5.97 Å². The molecule has 5 nitrogen and oxygen atoms in total. The Morgan fingerprint density at radius 1 is 1.20 bits per heavy atom. The molecule has 0 radical (unpaired) electrons. The number of nitrogens with one attached hydrogen (secondary N) is 1. The Balaban J connectivity index is 1.72. The van der Waals surface area contributed by atoms with Gasteiger partial charge in [0.05, 0.1) is 17.7 Å². The van der Waals surface area contributed by atoms with Crippen LogP contribution in [0.2, 0.25) is 0 Å². The van der Waals surface area contributed by atoms with Crippen molar-refractivity contribution in [3.05, 3.63) is 23.3 Å². The zero-order chi connectivity index (χ0) is 22.1. The number of aliphatic carboxylic acids is 1. The van der Waals surface area contributed by atoms with Crippen molar-refractivity contribution in [2.45, 2.75) is 85.3 Å². The van der Waals surface area contributed by atoms with Gasteiger partial charge in [0.25, 0.3) is 0 Å². The Hall–Kier alpha value is -1.62. The molecule has 4 unspecified atom stereocenters. The molecule has 0 aromatic carbocycles. The molecule has 2 fully saturated rings. The zero-order valence-electron chi connectivity index (χ0n) is 19.0. The number of hydrogen-bond acceptors (Lipinski definition) is 3. The maximum absolute atomic E-state index is 12.7. The van der Waals surface area contributed by atoms with E-state index in [9.17, 15) is 19.8 Å². The number of carboxylic acids is 1. The van der Waals surface area contributed by atoms with Gasteiger partial charge < -0.3 is 15.5 Å². The van der Waals surface area contributed by atoms with Gasteiger partial charge in [-0.05, 0) is 66.9 Å². The summed E-state index contributed by atoms with van der Waals surface area (Å²) in [5.74, 6) is 0.0264. The van der Waals surface area contributed by atoms with E-state index >= 15 is 0 Å². The van der Waals surface area contributed by atoms with Gasteiger partial charge in [0.1, 0.15) is 0 Å². The number of carboxylic acid groups (broad SMARTS) is 1. The second kappa shape index (κ2) is 6.94. The molecule has 5 heteroatoms. The Labute approximate surface area is 180 Å². The fourth-order valence-electron chi connectivity index (χ4n) is 7.28. The topological polar surface area (TPSA) is 86.6 Å². The van der Waals surface area contributed by atoms with Crippen LogP contribution in [0.1, 0.15) is 73.1 Å². The maximum Gasteiger partial charge on any atom is 0.333 e. The first-order valence-electron chi connectivity index (χ1n) is 11.5. The highest BCUT2D eigenvalue weighted by Crippen LogP contribution is 2.64. The van der Waals surface area contributed by atoms with Crippen LogP contribution < -0.4 is 5.32 Å². The van der Waals surface area contributed by atoms with E-state index < -0.39 is 17.4 Å². The van der Waals surface area contributed by atoms with Gasteiger partial charge in [-0.1, -0.05) is 47.1 Å². The lowest BCUT2D eigenvalue weighted by Gasteiger charge is -2.58. The summed E-state index contributed by atoms with van der Waals surface area (Å²) < 4.78 is 0. The molecule has 0 aromatic heterocycles. The van der Waals surface area contributed by atoms with Crippen molar-refractivity contribution in [2.75, 3.05) is 0 Å². The molecule has 4 aliphatic rings. The van der Waals surface area contributed by atoms with Gasteiger partial charge in [-0.3, -0.25) is 4.79 Å². The molecule has 4 aliphatic carbocycles. The standard InChI is InChI=1S/C25H37NO4/c1-23(2,3)22(30)26-18-12-25(5)14(11-16(18)21(28)29)8-9-15-17-7-6-10-24(17,4)13-19(27)20(15)25/h8,11,15,17-20,27H,6-7,9-10,12-13H2,1-5H3,(H,26,30)(H,28,29)/t15?,17?,18?,19-,20?,24-,25-/m0/s1. The molecule has 2 saturated carbocycles. The van der Waals surface area contributed by atoms with Crippen molar-refractivity contribution in [1.29, 1.82) is 0 Å². The summed E-state index contributed by atoms with van der Waals surface area (Å²) >= 11 is 0. The van der Waals surface area contributed by atoms with Crippen molar-refractivity contribution in [1.82, 2.24) is 5.32 Å². The minimum Gasteiger partial charge on any atom is -0.478 e. The first-order valence-corrected chi connectivity index (χ1v) is 11.5. The summed E-state index contributed by atoms with van der Waals surface area (Å²) in [6, 6.07) is -0.542. The number of hydrogen-bond donors (Lipinski definition) is 3. The van der Waals surface area contributed by atoms with E-state index in [0.717, 1.165) is 18.4 Å². The predicted octanol–water partition coefficient (Wildman–Crippen LogP) is 4.07. The van der Waals surface area contributed by atoms with Crippen molar-refractivity contribution >= 4 is 11.9 Å². The fourth-order valence-corrected chi connectivity index (χ4v) is 7.28. The van der Waals surface area contributed by atoms with E-state index in [1.54, 1.807) is 6.08 Å². The largest absolute Gasteiger partial charge is 0.478 e. The molecule has 0 saturated heterocycles. The Morgan fingerprint density at radius 3 is 2.53 bits per heavy atom. The predicted molar refractivity (Wildman–Crippen MR) is 116 cm³/mol. The molecule has 1 amide bonds. The molecule has 0 aromatic rings. The Kier molecular flexibility index (Phi) is 5.00. The lowest BCUT2D eigenvalue weighted by Crippen LogP contribution is -2.57.